The van der Waals surface area contributed by atoms with Crippen molar-refractivity contribution in [3.8, 4) is 5.75 Å². The standard InChI is InChI=1S/C18H22FN3O2.C2HF3O2/c1-23-16-5-3-13(4-6-16)9-14-12-22(8-7-17(14)24-2)18-20-10-15(19)11-21-18;3-2(4,5)1(6)7/h3-6,10-11,14,17H,7-9,12H2,1-2H3;(H,6,7)/t14-,17-;/m0./s1. The molecule has 2 heterocycles. The van der Waals surface area contributed by atoms with Gasteiger partial charge in [-0.25, -0.2) is 19.2 Å². The Bertz CT molecular complexity index is 832. The number of carboxylic acids is 1. The Morgan fingerprint density at radius 3 is 2.26 bits per heavy atom. The first kappa shape index (κ1) is 24.3. The van der Waals surface area contributed by atoms with E-state index in [9.17, 15) is 17.6 Å². The molecule has 1 aliphatic rings. The SMILES string of the molecule is COc1ccc(C[C@H]2CN(c3ncc(F)cn3)CC[C@@H]2OC)cc1.O=C(O)C(F)(F)F. The van der Waals surface area contributed by atoms with Crippen LogP contribution in [0.4, 0.5) is 23.5 Å². The second-order valence-corrected chi connectivity index (χ2v) is 6.83. The number of rotatable bonds is 5. The van der Waals surface area contributed by atoms with Gasteiger partial charge in [-0.15, -0.1) is 0 Å². The number of aliphatic carboxylic acids is 1. The number of methoxy groups -OCH3 is 2. The molecule has 31 heavy (non-hydrogen) atoms. The summed E-state index contributed by atoms with van der Waals surface area (Å²) in [4.78, 5) is 19.2. The highest BCUT2D eigenvalue weighted by atomic mass is 19.4. The van der Waals surface area contributed by atoms with E-state index in [0.717, 1.165) is 31.7 Å². The number of piperidine rings is 1. The van der Waals surface area contributed by atoms with Crippen LogP contribution in [0.1, 0.15) is 12.0 Å². The summed E-state index contributed by atoms with van der Waals surface area (Å²) >= 11 is 0. The molecule has 3 rings (SSSR count). The number of carbonyl (C=O) groups is 1. The Kier molecular flexibility index (Phi) is 8.55. The van der Waals surface area contributed by atoms with E-state index in [2.05, 4.69) is 27.0 Å². The predicted molar refractivity (Wildman–Crippen MR) is 103 cm³/mol. The van der Waals surface area contributed by atoms with E-state index < -0.39 is 18.0 Å². The first-order valence-electron chi connectivity index (χ1n) is 9.32. The first-order valence-corrected chi connectivity index (χ1v) is 9.32. The van der Waals surface area contributed by atoms with E-state index in [4.69, 9.17) is 19.4 Å². The normalized spacial score (nSPS) is 18.7. The van der Waals surface area contributed by atoms with Crippen LogP contribution < -0.4 is 9.64 Å². The van der Waals surface area contributed by atoms with Crippen molar-refractivity contribution in [2.24, 2.45) is 5.92 Å². The Labute approximate surface area is 176 Å². The van der Waals surface area contributed by atoms with Crippen LogP contribution in [0.15, 0.2) is 36.7 Å². The fourth-order valence-electron chi connectivity index (χ4n) is 3.23. The lowest BCUT2D eigenvalue weighted by molar-refractivity contribution is -0.192. The Hall–Kier alpha value is -2.95. The highest BCUT2D eigenvalue weighted by Crippen LogP contribution is 2.26. The summed E-state index contributed by atoms with van der Waals surface area (Å²) in [6.07, 6.45) is -0.658. The molecular weight excluding hydrogens is 422 g/mol. The van der Waals surface area contributed by atoms with Crippen LogP contribution in [0.3, 0.4) is 0 Å². The molecule has 1 aromatic heterocycles. The number of nitrogens with zero attached hydrogens (tertiary/aromatic N) is 3. The second-order valence-electron chi connectivity index (χ2n) is 6.83. The Balaban J connectivity index is 0.000000423. The molecule has 1 aliphatic heterocycles. The van der Waals surface area contributed by atoms with E-state index in [1.807, 2.05) is 12.1 Å². The van der Waals surface area contributed by atoms with Gasteiger partial charge >= 0.3 is 12.1 Å². The number of carboxylic acid groups (broad SMARTS) is 1. The third-order valence-corrected chi connectivity index (χ3v) is 4.76. The molecule has 1 aromatic carbocycles. The third-order valence-electron chi connectivity index (χ3n) is 4.76. The fraction of sp³-hybridized carbons (Fsp3) is 0.450. The van der Waals surface area contributed by atoms with Crippen LogP contribution in [0, 0.1) is 11.7 Å². The lowest BCUT2D eigenvalue weighted by Gasteiger charge is -2.38. The van der Waals surface area contributed by atoms with Gasteiger partial charge in [-0.1, -0.05) is 12.1 Å². The van der Waals surface area contributed by atoms with Gasteiger partial charge in [0.15, 0.2) is 5.82 Å². The van der Waals surface area contributed by atoms with Crippen molar-refractivity contribution in [3.63, 3.8) is 0 Å². The molecule has 0 unspecified atom stereocenters. The molecule has 2 atom stereocenters. The summed E-state index contributed by atoms with van der Waals surface area (Å²) < 4.78 is 55.6. The summed E-state index contributed by atoms with van der Waals surface area (Å²) in [5.74, 6) is -1.42. The highest BCUT2D eigenvalue weighted by molar-refractivity contribution is 5.73. The van der Waals surface area contributed by atoms with Gasteiger partial charge in [0.2, 0.25) is 5.95 Å². The largest absolute Gasteiger partial charge is 0.497 e. The molecule has 7 nitrogen and oxygen atoms in total. The summed E-state index contributed by atoms with van der Waals surface area (Å²) in [7, 11) is 3.42. The average Bonchev–Trinajstić information content (AvgIpc) is 2.74. The topological polar surface area (TPSA) is 84.8 Å². The van der Waals surface area contributed by atoms with Gasteiger partial charge in [0.1, 0.15) is 5.75 Å². The molecule has 1 N–H and O–H groups in total. The fourth-order valence-corrected chi connectivity index (χ4v) is 3.23. The quantitative estimate of drug-likeness (QED) is 0.707. The molecule has 0 spiro atoms. The zero-order chi connectivity index (χ0) is 23.0. The average molecular weight is 445 g/mol. The van der Waals surface area contributed by atoms with Crippen molar-refractivity contribution in [2.75, 3.05) is 32.2 Å². The molecule has 11 heteroatoms. The molecule has 1 fully saturated rings. The molecule has 2 aromatic rings. The maximum Gasteiger partial charge on any atom is 0.490 e. The van der Waals surface area contributed by atoms with Crippen LogP contribution >= 0.6 is 0 Å². The van der Waals surface area contributed by atoms with E-state index in [-0.39, 0.29) is 6.10 Å². The minimum Gasteiger partial charge on any atom is -0.497 e. The smallest absolute Gasteiger partial charge is 0.490 e. The number of hydrogen-bond donors (Lipinski definition) is 1. The number of hydrogen-bond acceptors (Lipinski definition) is 6. The summed E-state index contributed by atoms with van der Waals surface area (Å²) in [6, 6.07) is 8.11. The zero-order valence-electron chi connectivity index (χ0n) is 17.0. The van der Waals surface area contributed by atoms with Gasteiger partial charge in [-0.3, -0.25) is 0 Å². The highest BCUT2D eigenvalue weighted by Gasteiger charge is 2.38. The van der Waals surface area contributed by atoms with Crippen molar-refractivity contribution in [3.05, 3.63) is 48.0 Å². The van der Waals surface area contributed by atoms with Crippen LogP contribution in [0.25, 0.3) is 0 Å². The number of alkyl halides is 3. The Morgan fingerprint density at radius 2 is 1.77 bits per heavy atom. The number of halogens is 4. The first-order chi connectivity index (χ1) is 14.6. The number of aromatic nitrogens is 2. The van der Waals surface area contributed by atoms with Crippen molar-refractivity contribution >= 4 is 11.9 Å². The van der Waals surface area contributed by atoms with E-state index >= 15 is 0 Å². The molecule has 0 radical (unpaired) electrons. The van der Waals surface area contributed by atoms with Gasteiger partial charge < -0.3 is 19.5 Å². The maximum atomic E-state index is 13.0. The monoisotopic (exact) mass is 445 g/mol. The minimum atomic E-state index is -5.08. The summed E-state index contributed by atoms with van der Waals surface area (Å²) in [6.45, 7) is 1.60. The minimum absolute atomic E-state index is 0.198. The van der Waals surface area contributed by atoms with E-state index in [1.54, 1.807) is 14.2 Å². The second kappa shape index (κ2) is 10.9. The lowest BCUT2D eigenvalue weighted by Crippen LogP contribution is -2.45. The number of ether oxygens (including phenoxy) is 2. The predicted octanol–water partition coefficient (Wildman–Crippen LogP) is 3.34. The van der Waals surface area contributed by atoms with Gasteiger partial charge in [0, 0.05) is 26.1 Å². The van der Waals surface area contributed by atoms with Crippen LogP contribution in [-0.2, 0) is 16.0 Å². The molecule has 0 saturated carbocycles. The van der Waals surface area contributed by atoms with Gasteiger partial charge in [-0.05, 0) is 30.5 Å². The van der Waals surface area contributed by atoms with Crippen LogP contribution in [-0.4, -0.2) is 60.6 Å². The van der Waals surface area contributed by atoms with Crippen LogP contribution in [0.5, 0.6) is 5.75 Å². The third kappa shape index (κ3) is 7.35. The maximum absolute atomic E-state index is 13.0. The van der Waals surface area contributed by atoms with Crippen molar-refractivity contribution in [1.82, 2.24) is 9.97 Å². The lowest BCUT2D eigenvalue weighted by atomic mass is 9.88. The van der Waals surface area contributed by atoms with Crippen LogP contribution in [0.2, 0.25) is 0 Å². The number of anilines is 1. The molecular formula is C20H23F4N3O4. The van der Waals surface area contributed by atoms with E-state index in [1.165, 1.54) is 18.0 Å². The zero-order valence-corrected chi connectivity index (χ0v) is 17.0. The molecule has 170 valence electrons. The van der Waals surface area contributed by atoms with E-state index in [0.29, 0.717) is 11.9 Å². The van der Waals surface area contributed by atoms with Gasteiger partial charge in [0.25, 0.3) is 0 Å². The van der Waals surface area contributed by atoms with Gasteiger partial charge in [0.05, 0.1) is 25.6 Å². The van der Waals surface area contributed by atoms with Crippen molar-refractivity contribution in [2.45, 2.75) is 25.1 Å². The van der Waals surface area contributed by atoms with Gasteiger partial charge in [-0.2, -0.15) is 13.2 Å². The number of benzene rings is 1. The van der Waals surface area contributed by atoms with Crippen molar-refractivity contribution in [1.29, 1.82) is 0 Å². The molecule has 0 amide bonds. The Morgan fingerprint density at radius 1 is 1.19 bits per heavy atom. The molecule has 0 aliphatic carbocycles. The van der Waals surface area contributed by atoms with Crippen molar-refractivity contribution < 1.29 is 36.9 Å². The summed E-state index contributed by atoms with van der Waals surface area (Å²) in [5.41, 5.74) is 1.24. The molecule has 1 saturated heterocycles. The summed E-state index contributed by atoms with van der Waals surface area (Å²) in [5, 5.41) is 7.12. The molecule has 0 bridgehead atoms.